The Balaban J connectivity index is 2.18. The SMILES string of the molecule is COC1CCCC1NC(=O)CCCC(C)N. The van der Waals surface area contributed by atoms with E-state index in [0.717, 1.165) is 32.1 Å². The number of hydrogen-bond donors (Lipinski definition) is 2. The van der Waals surface area contributed by atoms with E-state index in [1.807, 2.05) is 6.92 Å². The van der Waals surface area contributed by atoms with Crippen molar-refractivity contribution in [2.45, 2.75) is 63.6 Å². The summed E-state index contributed by atoms with van der Waals surface area (Å²) in [6, 6.07) is 0.402. The first-order chi connectivity index (χ1) is 7.63. The zero-order valence-corrected chi connectivity index (χ0v) is 10.4. The van der Waals surface area contributed by atoms with E-state index in [1.54, 1.807) is 7.11 Å². The number of carbonyl (C=O) groups excluding carboxylic acids is 1. The standard InChI is InChI=1S/C12H24N2O2/c1-9(13)5-3-8-12(15)14-10-6-4-7-11(10)16-2/h9-11H,3-8,13H2,1-2H3,(H,14,15). The third-order valence-electron chi connectivity index (χ3n) is 3.16. The molecule has 1 aliphatic carbocycles. The van der Waals surface area contributed by atoms with E-state index in [2.05, 4.69) is 5.32 Å². The summed E-state index contributed by atoms with van der Waals surface area (Å²) in [5.74, 6) is 0.134. The van der Waals surface area contributed by atoms with E-state index in [1.165, 1.54) is 0 Å². The smallest absolute Gasteiger partial charge is 0.220 e. The number of rotatable bonds is 6. The number of carbonyl (C=O) groups is 1. The van der Waals surface area contributed by atoms with Crippen LogP contribution in [0.1, 0.15) is 45.4 Å². The van der Waals surface area contributed by atoms with Crippen LogP contribution >= 0.6 is 0 Å². The fourth-order valence-corrected chi connectivity index (χ4v) is 2.24. The van der Waals surface area contributed by atoms with Crippen molar-refractivity contribution >= 4 is 5.91 Å². The first-order valence-corrected chi connectivity index (χ1v) is 6.21. The number of nitrogens with one attached hydrogen (secondary N) is 1. The maximum absolute atomic E-state index is 11.6. The summed E-state index contributed by atoms with van der Waals surface area (Å²) < 4.78 is 5.33. The van der Waals surface area contributed by atoms with Crippen molar-refractivity contribution in [3.05, 3.63) is 0 Å². The van der Waals surface area contributed by atoms with Crippen molar-refractivity contribution in [3.63, 3.8) is 0 Å². The summed E-state index contributed by atoms with van der Waals surface area (Å²) in [6.45, 7) is 1.97. The third kappa shape index (κ3) is 4.49. The van der Waals surface area contributed by atoms with E-state index < -0.39 is 0 Å². The second kappa shape index (κ2) is 6.86. The van der Waals surface area contributed by atoms with Gasteiger partial charge in [0.1, 0.15) is 0 Å². The van der Waals surface area contributed by atoms with Gasteiger partial charge in [0.25, 0.3) is 0 Å². The molecule has 4 heteroatoms. The fraction of sp³-hybridized carbons (Fsp3) is 0.917. The molecule has 1 rings (SSSR count). The van der Waals surface area contributed by atoms with Gasteiger partial charge in [0.15, 0.2) is 0 Å². The Hall–Kier alpha value is -0.610. The highest BCUT2D eigenvalue weighted by Crippen LogP contribution is 2.21. The van der Waals surface area contributed by atoms with Crippen molar-refractivity contribution in [2.75, 3.05) is 7.11 Å². The summed E-state index contributed by atoms with van der Waals surface area (Å²) in [7, 11) is 1.71. The zero-order chi connectivity index (χ0) is 12.0. The molecule has 0 radical (unpaired) electrons. The lowest BCUT2D eigenvalue weighted by atomic mass is 10.1. The van der Waals surface area contributed by atoms with E-state index in [0.29, 0.717) is 6.42 Å². The predicted octanol–water partition coefficient (Wildman–Crippen LogP) is 1.19. The molecule has 16 heavy (non-hydrogen) atoms. The van der Waals surface area contributed by atoms with Crippen molar-refractivity contribution in [1.29, 1.82) is 0 Å². The van der Waals surface area contributed by atoms with Gasteiger partial charge in [-0.15, -0.1) is 0 Å². The van der Waals surface area contributed by atoms with Crippen LogP contribution in [0.15, 0.2) is 0 Å². The predicted molar refractivity (Wildman–Crippen MR) is 64.1 cm³/mol. The van der Waals surface area contributed by atoms with Gasteiger partial charge in [-0.2, -0.15) is 0 Å². The number of hydrogen-bond acceptors (Lipinski definition) is 3. The molecule has 4 nitrogen and oxygen atoms in total. The minimum atomic E-state index is 0.134. The van der Waals surface area contributed by atoms with Gasteiger partial charge in [-0.3, -0.25) is 4.79 Å². The van der Waals surface area contributed by atoms with E-state index in [9.17, 15) is 4.79 Å². The molecular formula is C12H24N2O2. The molecule has 0 bridgehead atoms. The highest BCUT2D eigenvalue weighted by Gasteiger charge is 2.27. The van der Waals surface area contributed by atoms with Gasteiger partial charge in [-0.1, -0.05) is 0 Å². The molecule has 0 aromatic heterocycles. The lowest BCUT2D eigenvalue weighted by molar-refractivity contribution is -0.122. The topological polar surface area (TPSA) is 64.3 Å². The van der Waals surface area contributed by atoms with Crippen molar-refractivity contribution in [1.82, 2.24) is 5.32 Å². The van der Waals surface area contributed by atoms with Crippen LogP contribution in [0, 0.1) is 0 Å². The molecule has 0 aromatic carbocycles. The van der Waals surface area contributed by atoms with Crippen LogP contribution in [0.4, 0.5) is 0 Å². The van der Waals surface area contributed by atoms with Gasteiger partial charge in [-0.25, -0.2) is 0 Å². The van der Waals surface area contributed by atoms with Gasteiger partial charge in [0.05, 0.1) is 12.1 Å². The van der Waals surface area contributed by atoms with Crippen LogP contribution in [0.5, 0.6) is 0 Å². The zero-order valence-electron chi connectivity index (χ0n) is 10.4. The fourth-order valence-electron chi connectivity index (χ4n) is 2.24. The molecule has 0 spiro atoms. The third-order valence-corrected chi connectivity index (χ3v) is 3.16. The van der Waals surface area contributed by atoms with Crippen LogP contribution in [0.25, 0.3) is 0 Å². The van der Waals surface area contributed by atoms with Gasteiger partial charge < -0.3 is 15.8 Å². The second-order valence-electron chi connectivity index (χ2n) is 4.75. The number of amides is 1. The molecule has 1 fully saturated rings. The highest BCUT2D eigenvalue weighted by molar-refractivity contribution is 5.76. The molecular weight excluding hydrogens is 204 g/mol. The van der Waals surface area contributed by atoms with Crippen molar-refractivity contribution in [2.24, 2.45) is 5.73 Å². The van der Waals surface area contributed by atoms with Crippen molar-refractivity contribution < 1.29 is 9.53 Å². The molecule has 3 N–H and O–H groups in total. The molecule has 0 aliphatic heterocycles. The van der Waals surface area contributed by atoms with Crippen LogP contribution in [0.2, 0.25) is 0 Å². The minimum Gasteiger partial charge on any atom is -0.379 e. The molecule has 0 heterocycles. The Morgan fingerprint density at radius 2 is 2.31 bits per heavy atom. The highest BCUT2D eigenvalue weighted by atomic mass is 16.5. The molecule has 3 atom stereocenters. The average Bonchev–Trinajstić information content (AvgIpc) is 2.64. The quantitative estimate of drug-likeness (QED) is 0.717. The van der Waals surface area contributed by atoms with Gasteiger partial charge in [-0.05, 0) is 39.0 Å². The van der Waals surface area contributed by atoms with E-state index in [-0.39, 0.29) is 24.1 Å². The number of methoxy groups -OCH3 is 1. The summed E-state index contributed by atoms with van der Waals surface area (Å²) >= 11 is 0. The monoisotopic (exact) mass is 228 g/mol. The Labute approximate surface area is 97.9 Å². The molecule has 94 valence electrons. The molecule has 0 saturated heterocycles. The number of ether oxygens (including phenoxy) is 1. The first kappa shape index (κ1) is 13.5. The number of nitrogens with two attached hydrogens (primary N) is 1. The molecule has 1 saturated carbocycles. The van der Waals surface area contributed by atoms with E-state index >= 15 is 0 Å². The largest absolute Gasteiger partial charge is 0.379 e. The van der Waals surface area contributed by atoms with Crippen molar-refractivity contribution in [3.8, 4) is 0 Å². The van der Waals surface area contributed by atoms with Gasteiger partial charge in [0, 0.05) is 19.6 Å². The Bertz CT molecular complexity index is 219. The molecule has 1 aliphatic rings. The van der Waals surface area contributed by atoms with Crippen LogP contribution in [-0.2, 0) is 9.53 Å². The summed E-state index contributed by atoms with van der Waals surface area (Å²) in [6.07, 6.45) is 5.80. The lowest BCUT2D eigenvalue weighted by Crippen LogP contribution is -2.40. The second-order valence-corrected chi connectivity index (χ2v) is 4.75. The summed E-state index contributed by atoms with van der Waals surface area (Å²) in [5, 5.41) is 3.05. The van der Waals surface area contributed by atoms with Gasteiger partial charge in [0.2, 0.25) is 5.91 Å². The Kier molecular flexibility index (Phi) is 5.77. The summed E-state index contributed by atoms with van der Waals surface area (Å²) in [5.41, 5.74) is 5.63. The molecule has 1 amide bonds. The van der Waals surface area contributed by atoms with E-state index in [4.69, 9.17) is 10.5 Å². The maximum atomic E-state index is 11.6. The molecule has 3 unspecified atom stereocenters. The van der Waals surface area contributed by atoms with Gasteiger partial charge >= 0.3 is 0 Å². The Morgan fingerprint density at radius 1 is 1.56 bits per heavy atom. The average molecular weight is 228 g/mol. The minimum absolute atomic E-state index is 0.134. The summed E-state index contributed by atoms with van der Waals surface area (Å²) in [4.78, 5) is 11.6. The lowest BCUT2D eigenvalue weighted by Gasteiger charge is -2.19. The first-order valence-electron chi connectivity index (χ1n) is 6.21. The van der Waals surface area contributed by atoms with Crippen LogP contribution < -0.4 is 11.1 Å². The maximum Gasteiger partial charge on any atom is 0.220 e. The van der Waals surface area contributed by atoms with Crippen LogP contribution in [-0.4, -0.2) is 31.2 Å². The molecule has 0 aromatic rings. The Morgan fingerprint density at radius 3 is 2.94 bits per heavy atom. The van der Waals surface area contributed by atoms with Crippen LogP contribution in [0.3, 0.4) is 0 Å². The normalized spacial score (nSPS) is 26.7.